The summed E-state index contributed by atoms with van der Waals surface area (Å²) in [6, 6.07) is 6.08. The summed E-state index contributed by atoms with van der Waals surface area (Å²) in [7, 11) is -2.07. The Balaban J connectivity index is 1.74. The van der Waals surface area contributed by atoms with Crippen molar-refractivity contribution >= 4 is 14.4 Å². The van der Waals surface area contributed by atoms with Gasteiger partial charge in [0, 0.05) is 38.3 Å². The zero-order valence-electron chi connectivity index (χ0n) is 21.7. The second-order valence-electron chi connectivity index (χ2n) is 12.0. The Morgan fingerprint density at radius 2 is 1.70 bits per heavy atom. The van der Waals surface area contributed by atoms with E-state index in [1.165, 1.54) is 0 Å². The highest BCUT2D eigenvalue weighted by Gasteiger charge is 2.41. The van der Waals surface area contributed by atoms with Crippen LogP contribution in [0, 0.1) is 0 Å². The molecule has 2 heterocycles. The van der Waals surface area contributed by atoms with E-state index in [0.717, 1.165) is 36.5 Å². The topological polar surface area (TPSA) is 71.5 Å². The molecule has 0 spiro atoms. The van der Waals surface area contributed by atoms with E-state index in [9.17, 15) is 9.90 Å². The first-order valence-corrected chi connectivity index (χ1v) is 14.8. The summed E-state index contributed by atoms with van der Waals surface area (Å²) in [5, 5.41) is 10.9. The maximum absolute atomic E-state index is 12.4. The molecule has 1 aromatic rings. The van der Waals surface area contributed by atoms with Gasteiger partial charge in [0.1, 0.15) is 17.0 Å². The highest BCUT2D eigenvalue weighted by Crippen LogP contribution is 2.40. The lowest BCUT2D eigenvalue weighted by Gasteiger charge is -2.40. The van der Waals surface area contributed by atoms with Gasteiger partial charge in [-0.05, 0) is 50.5 Å². The van der Waals surface area contributed by atoms with E-state index in [2.05, 4.69) is 44.8 Å². The van der Waals surface area contributed by atoms with Crippen LogP contribution in [-0.2, 0) is 21.6 Å². The van der Waals surface area contributed by atoms with Gasteiger partial charge in [0.15, 0.2) is 0 Å². The molecule has 3 rings (SSSR count). The molecule has 0 radical (unpaired) electrons. The molecular weight excluding hydrogens is 436 g/mol. The molecule has 33 heavy (non-hydrogen) atoms. The lowest BCUT2D eigenvalue weighted by atomic mass is 9.91. The van der Waals surface area contributed by atoms with Crippen LogP contribution in [0.3, 0.4) is 0 Å². The van der Waals surface area contributed by atoms with Crippen molar-refractivity contribution in [1.29, 1.82) is 0 Å². The van der Waals surface area contributed by atoms with Crippen LogP contribution in [0.4, 0.5) is 4.79 Å². The van der Waals surface area contributed by atoms with Crippen molar-refractivity contribution < 1.29 is 23.8 Å². The van der Waals surface area contributed by atoms with Gasteiger partial charge < -0.3 is 23.9 Å². The average Bonchev–Trinajstić information content (AvgIpc) is 2.65. The number of hydrogen-bond acceptors (Lipinski definition) is 6. The van der Waals surface area contributed by atoms with Crippen molar-refractivity contribution in [2.45, 2.75) is 77.4 Å². The standard InChI is InChI=1S/C25H42N2O5Si/c1-23(2,3)31-22(28)27-13-11-26(12-14-27)16-19-9-10-20(25(29)17-30-18-25)15-21(19)32-33(7,8)24(4,5)6/h9-10,15,29H,11-14,16-18H2,1-8H3. The number of piperazine rings is 1. The molecule has 7 nitrogen and oxygen atoms in total. The molecule has 0 bridgehead atoms. The summed E-state index contributed by atoms with van der Waals surface area (Å²) >= 11 is 0. The fraction of sp³-hybridized carbons (Fsp3) is 0.720. The van der Waals surface area contributed by atoms with Crippen LogP contribution >= 0.6 is 0 Å². The summed E-state index contributed by atoms with van der Waals surface area (Å²) < 4.78 is 17.5. The van der Waals surface area contributed by atoms with Crippen LogP contribution < -0.4 is 4.43 Å². The van der Waals surface area contributed by atoms with Crippen LogP contribution in [0.25, 0.3) is 0 Å². The van der Waals surface area contributed by atoms with Gasteiger partial charge in [0.2, 0.25) is 8.32 Å². The molecule has 0 aliphatic carbocycles. The number of nitrogens with zero attached hydrogens (tertiary/aromatic N) is 2. The third-order valence-electron chi connectivity index (χ3n) is 6.88. The number of amides is 1. The maximum atomic E-state index is 12.4. The Bertz CT molecular complexity index is 847. The lowest BCUT2D eigenvalue weighted by Crippen LogP contribution is -2.49. The third-order valence-corrected chi connectivity index (χ3v) is 11.2. The summed E-state index contributed by atoms with van der Waals surface area (Å²) in [4.78, 5) is 16.5. The second-order valence-corrected chi connectivity index (χ2v) is 16.7. The molecule has 0 atom stereocenters. The van der Waals surface area contributed by atoms with Crippen molar-refractivity contribution in [2.75, 3.05) is 39.4 Å². The molecule has 1 amide bonds. The van der Waals surface area contributed by atoms with Crippen LogP contribution in [-0.4, -0.2) is 74.3 Å². The quantitative estimate of drug-likeness (QED) is 0.635. The predicted octanol–water partition coefficient (Wildman–Crippen LogP) is 4.34. The molecule has 0 saturated carbocycles. The van der Waals surface area contributed by atoms with E-state index in [1.807, 2.05) is 32.9 Å². The fourth-order valence-electron chi connectivity index (χ4n) is 3.62. The van der Waals surface area contributed by atoms with Gasteiger partial charge >= 0.3 is 6.09 Å². The summed E-state index contributed by atoms with van der Waals surface area (Å²) in [5.74, 6) is 0.856. The summed E-state index contributed by atoms with van der Waals surface area (Å²) in [5.41, 5.74) is 0.545. The Hall–Kier alpha value is -1.61. The van der Waals surface area contributed by atoms with Crippen molar-refractivity contribution in [3.8, 4) is 5.75 Å². The molecular formula is C25H42N2O5Si. The summed E-state index contributed by atoms with van der Waals surface area (Å²) in [6.45, 7) is 21.0. The van der Waals surface area contributed by atoms with E-state index >= 15 is 0 Å². The normalized spacial score (nSPS) is 19.7. The van der Waals surface area contributed by atoms with E-state index in [-0.39, 0.29) is 11.1 Å². The average molecular weight is 479 g/mol. The minimum absolute atomic E-state index is 0.0653. The zero-order chi connectivity index (χ0) is 24.7. The minimum Gasteiger partial charge on any atom is -0.543 e. The van der Waals surface area contributed by atoms with E-state index in [4.69, 9.17) is 13.9 Å². The van der Waals surface area contributed by atoms with E-state index in [1.54, 1.807) is 4.90 Å². The predicted molar refractivity (Wildman–Crippen MR) is 132 cm³/mol. The van der Waals surface area contributed by atoms with Crippen LogP contribution in [0.5, 0.6) is 5.75 Å². The molecule has 2 aliphatic rings. The first-order chi connectivity index (χ1) is 15.1. The van der Waals surface area contributed by atoms with Crippen LogP contribution in [0.2, 0.25) is 18.1 Å². The molecule has 2 saturated heterocycles. The molecule has 1 N–H and O–H groups in total. The van der Waals surface area contributed by atoms with Crippen LogP contribution in [0.1, 0.15) is 52.7 Å². The van der Waals surface area contributed by atoms with E-state index < -0.39 is 19.5 Å². The monoisotopic (exact) mass is 478 g/mol. The number of hydrogen-bond donors (Lipinski definition) is 1. The maximum Gasteiger partial charge on any atom is 0.410 e. The highest BCUT2D eigenvalue weighted by atomic mass is 28.4. The second kappa shape index (κ2) is 9.21. The number of rotatable bonds is 5. The van der Waals surface area contributed by atoms with Crippen molar-refractivity contribution in [1.82, 2.24) is 9.80 Å². The molecule has 8 heteroatoms. The molecule has 0 unspecified atom stereocenters. The van der Waals surface area contributed by atoms with Gasteiger partial charge in [-0.15, -0.1) is 0 Å². The molecule has 1 aromatic carbocycles. The minimum atomic E-state index is -2.07. The van der Waals surface area contributed by atoms with Gasteiger partial charge in [-0.25, -0.2) is 4.79 Å². The fourth-order valence-corrected chi connectivity index (χ4v) is 4.66. The van der Waals surface area contributed by atoms with Crippen molar-refractivity contribution in [2.24, 2.45) is 0 Å². The number of ether oxygens (including phenoxy) is 2. The van der Waals surface area contributed by atoms with Crippen LogP contribution in [0.15, 0.2) is 18.2 Å². The summed E-state index contributed by atoms with van der Waals surface area (Å²) in [6.07, 6.45) is -0.246. The number of benzene rings is 1. The Kier molecular flexibility index (Phi) is 7.25. The lowest BCUT2D eigenvalue weighted by molar-refractivity contribution is -0.184. The Morgan fingerprint density at radius 1 is 1.09 bits per heavy atom. The smallest absolute Gasteiger partial charge is 0.410 e. The third kappa shape index (κ3) is 6.29. The van der Waals surface area contributed by atoms with Gasteiger partial charge in [-0.1, -0.05) is 32.9 Å². The Morgan fingerprint density at radius 3 is 2.18 bits per heavy atom. The number of carbonyl (C=O) groups excluding carboxylic acids is 1. The highest BCUT2D eigenvalue weighted by molar-refractivity contribution is 6.74. The Labute approximate surface area is 200 Å². The van der Waals surface area contributed by atoms with Crippen molar-refractivity contribution in [3.63, 3.8) is 0 Å². The molecule has 2 fully saturated rings. The van der Waals surface area contributed by atoms with Gasteiger partial charge in [-0.3, -0.25) is 4.90 Å². The zero-order valence-corrected chi connectivity index (χ0v) is 22.7. The van der Waals surface area contributed by atoms with E-state index in [0.29, 0.717) is 26.3 Å². The van der Waals surface area contributed by atoms with Gasteiger partial charge in [0.25, 0.3) is 0 Å². The number of aliphatic hydroxyl groups is 1. The van der Waals surface area contributed by atoms with Gasteiger partial charge in [0.05, 0.1) is 13.2 Å². The molecule has 0 aromatic heterocycles. The van der Waals surface area contributed by atoms with Gasteiger partial charge in [-0.2, -0.15) is 0 Å². The SMILES string of the molecule is CC(C)(C)OC(=O)N1CCN(Cc2ccc(C3(O)COC3)cc2O[Si](C)(C)C(C)(C)C)CC1. The molecule has 186 valence electrons. The number of carbonyl (C=O) groups is 1. The molecule has 2 aliphatic heterocycles. The first kappa shape index (κ1) is 26.0. The van der Waals surface area contributed by atoms with Crippen molar-refractivity contribution in [3.05, 3.63) is 29.3 Å². The first-order valence-electron chi connectivity index (χ1n) is 11.9. The largest absolute Gasteiger partial charge is 0.543 e.